The highest BCUT2D eigenvalue weighted by Crippen LogP contribution is 2.32. The Kier molecular flexibility index (Phi) is 3.85. The topological polar surface area (TPSA) is 38.3 Å². The van der Waals surface area contributed by atoms with Crippen LogP contribution in [0.4, 0.5) is 0 Å². The monoisotopic (exact) mass is 225 g/mol. The molecule has 0 unspecified atom stereocenters. The van der Waals surface area contributed by atoms with E-state index in [2.05, 4.69) is 5.32 Å². The summed E-state index contributed by atoms with van der Waals surface area (Å²) in [6, 6.07) is 0.572. The van der Waals surface area contributed by atoms with E-state index in [1.807, 2.05) is 6.92 Å². The van der Waals surface area contributed by atoms with Gasteiger partial charge in [0.2, 0.25) is 0 Å². The molecule has 3 heteroatoms. The van der Waals surface area contributed by atoms with Crippen LogP contribution < -0.4 is 5.32 Å². The molecule has 0 saturated heterocycles. The molecule has 0 radical (unpaired) electrons. The summed E-state index contributed by atoms with van der Waals surface area (Å²) in [4.78, 5) is 12.2. The van der Waals surface area contributed by atoms with Gasteiger partial charge in [-0.05, 0) is 32.6 Å². The van der Waals surface area contributed by atoms with Gasteiger partial charge in [-0.25, -0.2) is 0 Å². The lowest BCUT2D eigenvalue weighted by Crippen LogP contribution is -2.53. The van der Waals surface area contributed by atoms with Crippen LogP contribution in [0.15, 0.2) is 0 Å². The van der Waals surface area contributed by atoms with Crippen LogP contribution in [0.2, 0.25) is 0 Å². The first-order chi connectivity index (χ1) is 7.77. The van der Waals surface area contributed by atoms with E-state index in [1.165, 1.54) is 25.7 Å². The zero-order valence-corrected chi connectivity index (χ0v) is 10.3. The summed E-state index contributed by atoms with van der Waals surface area (Å²) >= 11 is 0. The van der Waals surface area contributed by atoms with E-state index in [-0.39, 0.29) is 11.5 Å². The highest BCUT2D eigenvalue weighted by Gasteiger charge is 2.43. The fraction of sp³-hybridized carbons (Fsp3) is 0.923. The van der Waals surface area contributed by atoms with Gasteiger partial charge in [-0.15, -0.1) is 0 Å². The molecule has 0 aromatic rings. The van der Waals surface area contributed by atoms with Gasteiger partial charge in [0, 0.05) is 6.04 Å². The zero-order chi connectivity index (χ0) is 11.4. The minimum Gasteiger partial charge on any atom is -0.465 e. The van der Waals surface area contributed by atoms with Gasteiger partial charge in [-0.2, -0.15) is 0 Å². The van der Waals surface area contributed by atoms with Crippen molar-refractivity contribution in [3.63, 3.8) is 0 Å². The first-order valence-electron chi connectivity index (χ1n) is 6.72. The predicted molar refractivity (Wildman–Crippen MR) is 63.2 cm³/mol. The zero-order valence-electron chi connectivity index (χ0n) is 10.3. The highest BCUT2D eigenvalue weighted by molar-refractivity contribution is 5.81. The molecule has 0 atom stereocenters. The second kappa shape index (κ2) is 5.17. The van der Waals surface area contributed by atoms with Crippen molar-refractivity contribution in [3.8, 4) is 0 Å². The van der Waals surface area contributed by atoms with Crippen molar-refractivity contribution in [3.05, 3.63) is 0 Å². The Bertz CT molecular complexity index is 240. The summed E-state index contributed by atoms with van der Waals surface area (Å²) in [7, 11) is 0. The maximum Gasteiger partial charge on any atom is 0.326 e. The predicted octanol–water partition coefficient (Wildman–Crippen LogP) is 2.39. The largest absolute Gasteiger partial charge is 0.465 e. The highest BCUT2D eigenvalue weighted by atomic mass is 16.5. The van der Waals surface area contributed by atoms with Gasteiger partial charge in [0.1, 0.15) is 5.54 Å². The van der Waals surface area contributed by atoms with Crippen LogP contribution in [0.25, 0.3) is 0 Å². The molecule has 16 heavy (non-hydrogen) atoms. The van der Waals surface area contributed by atoms with Crippen molar-refractivity contribution < 1.29 is 9.53 Å². The van der Waals surface area contributed by atoms with Gasteiger partial charge in [-0.3, -0.25) is 10.1 Å². The molecular weight excluding hydrogens is 202 g/mol. The molecule has 0 amide bonds. The van der Waals surface area contributed by atoms with Gasteiger partial charge in [0.05, 0.1) is 6.61 Å². The number of esters is 1. The van der Waals surface area contributed by atoms with Gasteiger partial charge in [0.25, 0.3) is 0 Å². The Hall–Kier alpha value is -0.570. The molecule has 2 aliphatic rings. The third kappa shape index (κ3) is 2.76. The minimum atomic E-state index is -0.353. The standard InChI is InChI=1S/C13H23NO2/c1-2-16-12(15)13(14-11-7-8-11)9-5-3-4-6-10-13/h11,14H,2-10H2,1H3. The summed E-state index contributed by atoms with van der Waals surface area (Å²) in [5.41, 5.74) is -0.353. The van der Waals surface area contributed by atoms with Crippen LogP contribution in [-0.2, 0) is 9.53 Å². The quantitative estimate of drug-likeness (QED) is 0.590. The van der Waals surface area contributed by atoms with E-state index in [9.17, 15) is 4.79 Å². The van der Waals surface area contributed by atoms with Crippen LogP contribution in [0.3, 0.4) is 0 Å². The van der Waals surface area contributed by atoms with E-state index in [0.717, 1.165) is 25.7 Å². The first-order valence-corrected chi connectivity index (χ1v) is 6.72. The SMILES string of the molecule is CCOC(=O)C1(NC2CC2)CCCCCC1. The Balaban J connectivity index is 2.04. The van der Waals surface area contributed by atoms with E-state index in [1.54, 1.807) is 0 Å². The first kappa shape index (κ1) is 11.9. The Labute approximate surface area is 97.9 Å². The lowest BCUT2D eigenvalue weighted by Gasteiger charge is -2.31. The summed E-state index contributed by atoms with van der Waals surface area (Å²) in [5, 5.41) is 3.56. The lowest BCUT2D eigenvalue weighted by molar-refractivity contribution is -0.152. The molecule has 0 bridgehead atoms. The molecule has 3 nitrogen and oxygen atoms in total. The fourth-order valence-corrected chi connectivity index (χ4v) is 2.63. The lowest BCUT2D eigenvalue weighted by atomic mass is 9.90. The average molecular weight is 225 g/mol. The third-order valence-corrected chi connectivity index (χ3v) is 3.68. The molecule has 92 valence electrons. The third-order valence-electron chi connectivity index (χ3n) is 3.68. The van der Waals surface area contributed by atoms with Crippen molar-refractivity contribution in [2.75, 3.05) is 6.61 Å². The molecule has 2 fully saturated rings. The Morgan fingerprint density at radius 1 is 1.25 bits per heavy atom. The van der Waals surface area contributed by atoms with Crippen LogP contribution in [0.5, 0.6) is 0 Å². The van der Waals surface area contributed by atoms with E-state index in [4.69, 9.17) is 4.74 Å². The summed E-state index contributed by atoms with van der Waals surface area (Å²) in [5.74, 6) is -0.0104. The normalized spacial score (nSPS) is 24.8. The van der Waals surface area contributed by atoms with Crippen LogP contribution in [0, 0.1) is 0 Å². The molecule has 2 aliphatic carbocycles. The molecule has 2 saturated carbocycles. The number of carbonyl (C=O) groups excluding carboxylic acids is 1. The number of carbonyl (C=O) groups is 1. The number of hydrogen-bond acceptors (Lipinski definition) is 3. The van der Waals surface area contributed by atoms with Gasteiger partial charge >= 0.3 is 5.97 Å². The fourth-order valence-electron chi connectivity index (χ4n) is 2.63. The number of ether oxygens (including phenoxy) is 1. The van der Waals surface area contributed by atoms with Crippen molar-refractivity contribution in [1.29, 1.82) is 0 Å². The molecule has 0 heterocycles. The van der Waals surface area contributed by atoms with E-state index < -0.39 is 0 Å². The Morgan fingerprint density at radius 2 is 1.88 bits per heavy atom. The molecule has 2 rings (SSSR count). The second-order valence-corrected chi connectivity index (χ2v) is 5.14. The maximum atomic E-state index is 12.2. The molecule has 0 aromatic heterocycles. The minimum absolute atomic E-state index is 0.0104. The van der Waals surface area contributed by atoms with Crippen molar-refractivity contribution >= 4 is 5.97 Å². The number of hydrogen-bond donors (Lipinski definition) is 1. The molecule has 0 spiro atoms. The molecular formula is C13H23NO2. The molecule has 0 aromatic carbocycles. The van der Waals surface area contributed by atoms with Gasteiger partial charge < -0.3 is 4.74 Å². The maximum absolute atomic E-state index is 12.2. The van der Waals surface area contributed by atoms with Crippen LogP contribution >= 0.6 is 0 Å². The van der Waals surface area contributed by atoms with Crippen molar-refractivity contribution in [2.24, 2.45) is 0 Å². The van der Waals surface area contributed by atoms with Crippen LogP contribution in [0.1, 0.15) is 58.3 Å². The van der Waals surface area contributed by atoms with E-state index >= 15 is 0 Å². The summed E-state index contributed by atoms with van der Waals surface area (Å²) in [6.45, 7) is 2.38. The van der Waals surface area contributed by atoms with Crippen molar-refractivity contribution in [1.82, 2.24) is 5.32 Å². The molecule has 0 aliphatic heterocycles. The molecule has 1 N–H and O–H groups in total. The number of nitrogens with one attached hydrogen (secondary N) is 1. The van der Waals surface area contributed by atoms with Crippen LogP contribution in [-0.4, -0.2) is 24.2 Å². The average Bonchev–Trinajstić information content (AvgIpc) is 3.07. The summed E-state index contributed by atoms with van der Waals surface area (Å²) in [6.07, 6.45) is 9.19. The van der Waals surface area contributed by atoms with E-state index in [0.29, 0.717) is 12.6 Å². The Morgan fingerprint density at radius 3 is 2.38 bits per heavy atom. The van der Waals surface area contributed by atoms with Gasteiger partial charge in [-0.1, -0.05) is 25.7 Å². The van der Waals surface area contributed by atoms with Crippen molar-refractivity contribution in [2.45, 2.75) is 69.9 Å². The smallest absolute Gasteiger partial charge is 0.326 e. The summed E-state index contributed by atoms with van der Waals surface area (Å²) < 4.78 is 5.27. The van der Waals surface area contributed by atoms with Gasteiger partial charge in [0.15, 0.2) is 0 Å². The number of rotatable bonds is 4. The second-order valence-electron chi connectivity index (χ2n) is 5.14.